The van der Waals surface area contributed by atoms with E-state index in [1.165, 1.54) is 48.5 Å². The minimum Gasteiger partial charge on any atom is -0.460 e. The van der Waals surface area contributed by atoms with Gasteiger partial charge in [0.2, 0.25) is 0 Å². The van der Waals surface area contributed by atoms with Crippen molar-refractivity contribution in [3.8, 4) is 0 Å². The van der Waals surface area contributed by atoms with Crippen LogP contribution in [0.3, 0.4) is 0 Å². The maximum atomic E-state index is 12.1. The molecule has 4 bridgehead atoms. The Morgan fingerprint density at radius 1 is 0.353 bits per heavy atom. The topological polar surface area (TPSA) is 124 Å². The number of esters is 4. The van der Waals surface area contributed by atoms with E-state index < -0.39 is 23.9 Å². The number of carbonyl (C=O) groups excluding carboxylic acids is 4. The summed E-state index contributed by atoms with van der Waals surface area (Å²) in [6.07, 6.45) is 0. The molecule has 0 aromatic heterocycles. The third-order valence-corrected chi connectivity index (χ3v) is 4.56. The molecular weight excluding hydrogens is 448 g/mol. The van der Waals surface area contributed by atoms with E-state index in [0.717, 1.165) is 0 Å². The summed E-state index contributed by atoms with van der Waals surface area (Å²) in [5.41, 5.74) is 1.10. The van der Waals surface area contributed by atoms with Gasteiger partial charge in [0.05, 0.1) is 48.7 Å². The zero-order chi connectivity index (χ0) is 24.2. The molecule has 0 aliphatic carbocycles. The smallest absolute Gasteiger partial charge is 0.338 e. The van der Waals surface area contributed by atoms with Crippen LogP contribution >= 0.6 is 0 Å². The maximum Gasteiger partial charge on any atom is 0.338 e. The highest BCUT2D eigenvalue weighted by atomic mass is 16.6. The molecule has 0 amide bonds. The molecule has 180 valence electrons. The molecule has 0 fully saturated rings. The number of hydrogen-bond acceptors (Lipinski definition) is 10. The molecule has 4 aliphatic heterocycles. The average Bonchev–Trinajstić information content (AvgIpc) is 2.86. The second kappa shape index (κ2) is 13.1. The Morgan fingerprint density at radius 3 is 0.765 bits per heavy atom. The van der Waals surface area contributed by atoms with Crippen LogP contribution in [0.25, 0.3) is 0 Å². The van der Waals surface area contributed by atoms with Crippen LogP contribution in [-0.4, -0.2) is 76.7 Å². The van der Waals surface area contributed by atoms with E-state index in [2.05, 4.69) is 0 Å². The number of ether oxygens (including phenoxy) is 6. The van der Waals surface area contributed by atoms with Gasteiger partial charge in [-0.15, -0.1) is 0 Å². The van der Waals surface area contributed by atoms with E-state index >= 15 is 0 Å². The molecule has 0 saturated heterocycles. The Labute approximate surface area is 195 Å². The number of benzene rings is 2. The van der Waals surface area contributed by atoms with E-state index in [0.29, 0.717) is 0 Å². The van der Waals surface area contributed by atoms with Gasteiger partial charge in [0.15, 0.2) is 0 Å². The van der Waals surface area contributed by atoms with Crippen LogP contribution in [0.1, 0.15) is 41.4 Å². The Hall–Kier alpha value is -3.76. The zero-order valence-corrected chi connectivity index (χ0v) is 18.4. The molecule has 0 spiro atoms. The van der Waals surface area contributed by atoms with Gasteiger partial charge in [-0.05, 0) is 48.5 Å². The summed E-state index contributed by atoms with van der Waals surface area (Å²) in [6, 6.07) is 11.7. The van der Waals surface area contributed by atoms with Crippen molar-refractivity contribution in [1.82, 2.24) is 0 Å². The molecule has 34 heavy (non-hydrogen) atoms. The largest absolute Gasteiger partial charge is 0.460 e. The second-order valence-corrected chi connectivity index (χ2v) is 6.92. The van der Waals surface area contributed by atoms with Gasteiger partial charge in [-0.3, -0.25) is 0 Å². The minimum atomic E-state index is -0.561. The summed E-state index contributed by atoms with van der Waals surface area (Å²) in [7, 11) is 0. The highest BCUT2D eigenvalue weighted by Gasteiger charge is 2.13. The molecule has 0 unspecified atom stereocenters. The zero-order valence-electron chi connectivity index (χ0n) is 18.4. The normalized spacial score (nSPS) is 17.4. The quantitative estimate of drug-likeness (QED) is 0.416. The lowest BCUT2D eigenvalue weighted by atomic mass is 10.1. The van der Waals surface area contributed by atoms with Crippen molar-refractivity contribution in [1.29, 1.82) is 0 Å². The molecular formula is C24H24O10. The van der Waals surface area contributed by atoms with Gasteiger partial charge in [-0.1, -0.05) is 0 Å². The van der Waals surface area contributed by atoms with Crippen LogP contribution in [-0.2, 0) is 28.4 Å². The molecule has 10 heteroatoms. The Morgan fingerprint density at radius 2 is 0.559 bits per heavy atom. The molecule has 4 heterocycles. The van der Waals surface area contributed by atoms with Crippen molar-refractivity contribution >= 4 is 23.9 Å². The monoisotopic (exact) mass is 472 g/mol. The van der Waals surface area contributed by atoms with Crippen LogP contribution in [0.5, 0.6) is 0 Å². The summed E-state index contributed by atoms with van der Waals surface area (Å²) >= 11 is 0. The van der Waals surface area contributed by atoms with Crippen LogP contribution in [0.15, 0.2) is 48.5 Å². The standard InChI is InChI=1S/C24H24O10/c25-21-17-1-2-18(4-3-17)22(26)32-14-10-30-12-16-34-24(28)20-7-5-19(6-8-20)23(27)33-15-11-29-9-13-31-21/h1-8H,9-16H2. The summed E-state index contributed by atoms with van der Waals surface area (Å²) in [5, 5.41) is 0. The first-order chi connectivity index (χ1) is 16.5. The molecule has 0 N–H and O–H groups in total. The average molecular weight is 472 g/mol. The molecule has 2 aromatic rings. The molecule has 2 aromatic carbocycles. The van der Waals surface area contributed by atoms with Gasteiger partial charge < -0.3 is 28.4 Å². The first-order valence-corrected chi connectivity index (χ1v) is 10.6. The Balaban J connectivity index is 1.56. The van der Waals surface area contributed by atoms with E-state index in [-0.39, 0.29) is 75.1 Å². The van der Waals surface area contributed by atoms with Crippen molar-refractivity contribution in [3.05, 3.63) is 70.8 Å². The maximum absolute atomic E-state index is 12.1. The van der Waals surface area contributed by atoms with Crippen LogP contribution < -0.4 is 0 Å². The second-order valence-electron chi connectivity index (χ2n) is 6.92. The highest BCUT2D eigenvalue weighted by Crippen LogP contribution is 2.09. The van der Waals surface area contributed by atoms with E-state index in [1.54, 1.807) is 0 Å². The lowest BCUT2D eigenvalue weighted by molar-refractivity contribution is 0.0138. The third-order valence-electron chi connectivity index (χ3n) is 4.56. The fourth-order valence-corrected chi connectivity index (χ4v) is 2.80. The van der Waals surface area contributed by atoms with E-state index in [9.17, 15) is 19.2 Å². The highest BCUT2D eigenvalue weighted by molar-refractivity contribution is 5.94. The van der Waals surface area contributed by atoms with Crippen LogP contribution in [0, 0.1) is 0 Å². The Bertz CT molecular complexity index is 822. The van der Waals surface area contributed by atoms with Gasteiger partial charge in [-0.25, -0.2) is 19.2 Å². The number of rotatable bonds is 0. The molecule has 4 aliphatic rings. The summed E-state index contributed by atoms with van der Waals surface area (Å²) in [5.74, 6) is -2.24. The number of carbonyl (C=O) groups is 4. The van der Waals surface area contributed by atoms with Crippen molar-refractivity contribution in [2.24, 2.45) is 0 Å². The lowest BCUT2D eigenvalue weighted by Gasteiger charge is -2.09. The first-order valence-electron chi connectivity index (χ1n) is 10.6. The third kappa shape index (κ3) is 7.68. The number of hydrogen-bond donors (Lipinski definition) is 0. The van der Waals surface area contributed by atoms with Gasteiger partial charge in [0.1, 0.15) is 26.4 Å². The SMILES string of the molecule is O=C1OCCOCCOC(=O)c2ccc(cc2)C(=O)OCCOCCOC(=O)c2ccc1cc2. The van der Waals surface area contributed by atoms with Gasteiger partial charge in [0.25, 0.3) is 0 Å². The fourth-order valence-electron chi connectivity index (χ4n) is 2.80. The molecule has 0 radical (unpaired) electrons. The van der Waals surface area contributed by atoms with Crippen molar-refractivity contribution in [3.63, 3.8) is 0 Å². The molecule has 0 saturated carbocycles. The molecule has 0 atom stereocenters. The predicted octanol–water partition coefficient (Wildman–Crippen LogP) is 2.06. The van der Waals surface area contributed by atoms with E-state index in [4.69, 9.17) is 28.4 Å². The Kier molecular flexibility index (Phi) is 9.56. The van der Waals surface area contributed by atoms with Crippen molar-refractivity contribution in [2.45, 2.75) is 0 Å². The van der Waals surface area contributed by atoms with Gasteiger partial charge in [0, 0.05) is 0 Å². The minimum absolute atomic E-state index is 0.00807. The summed E-state index contributed by atoms with van der Waals surface area (Å²) < 4.78 is 31.0. The van der Waals surface area contributed by atoms with Crippen LogP contribution in [0.2, 0.25) is 0 Å². The van der Waals surface area contributed by atoms with Gasteiger partial charge >= 0.3 is 23.9 Å². The summed E-state index contributed by atoms with van der Waals surface area (Å²) in [4.78, 5) is 48.3. The van der Waals surface area contributed by atoms with Crippen molar-refractivity contribution in [2.75, 3.05) is 52.9 Å². The van der Waals surface area contributed by atoms with Crippen LogP contribution in [0.4, 0.5) is 0 Å². The van der Waals surface area contributed by atoms with Crippen molar-refractivity contribution < 1.29 is 47.6 Å². The summed E-state index contributed by atoms with van der Waals surface area (Å²) in [6.45, 7) is 0.503. The fraction of sp³-hybridized carbons (Fsp3) is 0.333. The molecule has 6 rings (SSSR count). The molecule has 10 nitrogen and oxygen atoms in total. The predicted molar refractivity (Wildman–Crippen MR) is 116 cm³/mol. The van der Waals surface area contributed by atoms with Gasteiger partial charge in [-0.2, -0.15) is 0 Å². The lowest BCUT2D eigenvalue weighted by Crippen LogP contribution is -2.16. The first kappa shape index (κ1) is 24.9. The van der Waals surface area contributed by atoms with E-state index in [1.807, 2.05) is 0 Å².